The van der Waals surface area contributed by atoms with Crippen LogP contribution in [-0.4, -0.2) is 72.9 Å². The Bertz CT molecular complexity index is 464. The molecule has 0 aliphatic heterocycles. The van der Waals surface area contributed by atoms with Crippen LogP contribution in [0.15, 0.2) is 0 Å². The van der Waals surface area contributed by atoms with Gasteiger partial charge in [-0.25, -0.2) is 14.4 Å². The molecule has 0 aliphatic carbocycles. The van der Waals surface area contributed by atoms with Gasteiger partial charge in [-0.2, -0.15) is 0 Å². The zero-order valence-corrected chi connectivity index (χ0v) is 16.1. The molecular formula is C16H30N2O6. The van der Waals surface area contributed by atoms with Crippen molar-refractivity contribution in [1.82, 2.24) is 9.80 Å². The quantitative estimate of drug-likeness (QED) is 0.573. The number of hydrogen-bond acceptors (Lipinski definition) is 6. The largest absolute Gasteiger partial charge is 0.467 e. The zero-order valence-electron chi connectivity index (χ0n) is 16.1. The van der Waals surface area contributed by atoms with E-state index in [1.165, 1.54) is 26.1 Å². The van der Waals surface area contributed by atoms with Crippen molar-refractivity contribution >= 4 is 18.2 Å². The molecule has 140 valence electrons. The SMILES string of the molecule is COC(=O)[C@@H](CN(C)C(=O)OC(C)(C)C)N(C)C(=O)OC(C)(C)C. The standard InChI is InChI=1S/C16H30N2O6/c1-15(2,3)23-13(20)17(7)10-11(12(19)22-9)18(8)14(21)24-16(4,5)6/h11H,10H2,1-9H3/t11-/m1/s1. The smallest absolute Gasteiger partial charge is 0.410 e. The molecule has 0 N–H and O–H groups in total. The number of ether oxygens (including phenoxy) is 3. The Morgan fingerprint density at radius 3 is 1.67 bits per heavy atom. The number of amides is 2. The summed E-state index contributed by atoms with van der Waals surface area (Å²) in [5.74, 6) is -0.654. The summed E-state index contributed by atoms with van der Waals surface area (Å²) in [5, 5.41) is 0. The van der Waals surface area contributed by atoms with E-state index in [2.05, 4.69) is 0 Å². The van der Waals surface area contributed by atoms with Crippen molar-refractivity contribution in [3.05, 3.63) is 0 Å². The minimum Gasteiger partial charge on any atom is -0.467 e. The summed E-state index contributed by atoms with van der Waals surface area (Å²) in [6.45, 7) is 10.3. The highest BCUT2D eigenvalue weighted by atomic mass is 16.6. The lowest BCUT2D eigenvalue weighted by Crippen LogP contribution is -2.51. The summed E-state index contributed by atoms with van der Waals surface area (Å²) in [7, 11) is 4.11. The van der Waals surface area contributed by atoms with Gasteiger partial charge in [-0.3, -0.25) is 4.90 Å². The summed E-state index contributed by atoms with van der Waals surface area (Å²) < 4.78 is 15.2. The van der Waals surface area contributed by atoms with E-state index in [0.29, 0.717) is 0 Å². The van der Waals surface area contributed by atoms with Crippen molar-refractivity contribution in [2.75, 3.05) is 27.7 Å². The monoisotopic (exact) mass is 346 g/mol. The average molecular weight is 346 g/mol. The predicted octanol–water partition coefficient (Wildman–Crippen LogP) is 2.26. The summed E-state index contributed by atoms with van der Waals surface area (Å²) in [6, 6.07) is -1.01. The van der Waals surface area contributed by atoms with Crippen molar-refractivity contribution in [2.24, 2.45) is 0 Å². The number of likely N-dealkylation sites (N-methyl/N-ethyl adjacent to an activating group) is 2. The molecule has 2 amide bonds. The van der Waals surface area contributed by atoms with Crippen LogP contribution in [0.1, 0.15) is 41.5 Å². The molecule has 0 aliphatic rings. The normalized spacial score (nSPS) is 12.9. The topological polar surface area (TPSA) is 85.4 Å². The number of rotatable bonds is 4. The molecular weight excluding hydrogens is 316 g/mol. The lowest BCUT2D eigenvalue weighted by atomic mass is 10.2. The van der Waals surface area contributed by atoms with Gasteiger partial charge in [-0.1, -0.05) is 0 Å². The van der Waals surface area contributed by atoms with Crippen molar-refractivity contribution in [3.63, 3.8) is 0 Å². The molecule has 0 aromatic carbocycles. The number of carbonyl (C=O) groups excluding carboxylic acids is 3. The molecule has 0 aromatic rings. The van der Waals surface area contributed by atoms with Crippen LogP contribution in [0, 0.1) is 0 Å². The van der Waals surface area contributed by atoms with Gasteiger partial charge in [0.05, 0.1) is 13.7 Å². The molecule has 0 radical (unpaired) electrons. The second-order valence-electron chi connectivity index (χ2n) is 7.49. The molecule has 0 saturated heterocycles. The van der Waals surface area contributed by atoms with E-state index in [1.807, 2.05) is 0 Å². The minimum atomic E-state index is -1.01. The molecule has 8 nitrogen and oxygen atoms in total. The zero-order chi connectivity index (χ0) is 19.3. The Hall–Kier alpha value is -1.99. The lowest BCUT2D eigenvalue weighted by Gasteiger charge is -2.32. The molecule has 0 bridgehead atoms. The van der Waals surface area contributed by atoms with Crippen molar-refractivity contribution in [2.45, 2.75) is 58.8 Å². The van der Waals surface area contributed by atoms with E-state index in [9.17, 15) is 14.4 Å². The first-order valence-electron chi connectivity index (χ1n) is 7.65. The maximum atomic E-state index is 12.2. The van der Waals surface area contributed by atoms with Gasteiger partial charge in [0.25, 0.3) is 0 Å². The predicted molar refractivity (Wildman–Crippen MR) is 88.7 cm³/mol. The maximum Gasteiger partial charge on any atom is 0.410 e. The second-order valence-corrected chi connectivity index (χ2v) is 7.49. The molecule has 0 aromatic heterocycles. The Morgan fingerprint density at radius 1 is 0.875 bits per heavy atom. The van der Waals surface area contributed by atoms with E-state index in [0.717, 1.165) is 4.90 Å². The van der Waals surface area contributed by atoms with Gasteiger partial charge in [0.2, 0.25) is 0 Å². The van der Waals surface area contributed by atoms with Crippen LogP contribution in [0.3, 0.4) is 0 Å². The highest BCUT2D eigenvalue weighted by molar-refractivity contribution is 5.82. The first-order valence-corrected chi connectivity index (χ1v) is 7.65. The van der Waals surface area contributed by atoms with Crippen LogP contribution < -0.4 is 0 Å². The van der Waals surface area contributed by atoms with Gasteiger partial charge < -0.3 is 19.1 Å². The summed E-state index contributed by atoms with van der Waals surface area (Å²) >= 11 is 0. The van der Waals surface area contributed by atoms with Crippen LogP contribution >= 0.6 is 0 Å². The molecule has 1 atom stereocenters. The number of carbonyl (C=O) groups is 3. The molecule has 0 fully saturated rings. The van der Waals surface area contributed by atoms with Crippen molar-refractivity contribution in [1.29, 1.82) is 0 Å². The van der Waals surface area contributed by atoms with E-state index < -0.39 is 35.4 Å². The Kier molecular flexibility index (Phi) is 7.53. The van der Waals surface area contributed by atoms with Gasteiger partial charge in [0, 0.05) is 14.1 Å². The molecule has 8 heteroatoms. The summed E-state index contributed by atoms with van der Waals surface area (Å²) in [5.41, 5.74) is -1.37. The average Bonchev–Trinajstić information content (AvgIpc) is 2.39. The van der Waals surface area contributed by atoms with E-state index in [4.69, 9.17) is 14.2 Å². The van der Waals surface area contributed by atoms with Crippen LogP contribution in [0.25, 0.3) is 0 Å². The Labute approximate surface area is 144 Å². The summed E-state index contributed by atoms with van der Waals surface area (Å²) in [6.07, 6.45) is -1.29. The Morgan fingerprint density at radius 2 is 1.29 bits per heavy atom. The second kappa shape index (κ2) is 8.21. The fourth-order valence-corrected chi connectivity index (χ4v) is 1.63. The van der Waals surface area contributed by atoms with Crippen LogP contribution in [0.4, 0.5) is 9.59 Å². The molecule has 0 heterocycles. The van der Waals surface area contributed by atoms with Crippen LogP contribution in [0.2, 0.25) is 0 Å². The highest BCUT2D eigenvalue weighted by Crippen LogP contribution is 2.14. The van der Waals surface area contributed by atoms with Gasteiger partial charge >= 0.3 is 18.2 Å². The van der Waals surface area contributed by atoms with Gasteiger partial charge in [-0.15, -0.1) is 0 Å². The van der Waals surface area contributed by atoms with Crippen LogP contribution in [-0.2, 0) is 19.0 Å². The number of methoxy groups -OCH3 is 1. The molecule has 0 saturated carbocycles. The molecule has 0 spiro atoms. The minimum absolute atomic E-state index is 0.0860. The van der Waals surface area contributed by atoms with E-state index >= 15 is 0 Å². The third-order valence-corrected chi connectivity index (χ3v) is 2.77. The lowest BCUT2D eigenvalue weighted by molar-refractivity contribution is -0.146. The van der Waals surface area contributed by atoms with Crippen LogP contribution in [0.5, 0.6) is 0 Å². The third-order valence-electron chi connectivity index (χ3n) is 2.77. The molecule has 24 heavy (non-hydrogen) atoms. The Balaban J connectivity index is 5.11. The maximum absolute atomic E-state index is 12.2. The van der Waals surface area contributed by atoms with Gasteiger partial charge in [0.15, 0.2) is 0 Å². The number of nitrogens with zero attached hydrogens (tertiary/aromatic N) is 2. The number of hydrogen-bond donors (Lipinski definition) is 0. The summed E-state index contributed by atoms with van der Waals surface area (Å²) in [4.78, 5) is 38.5. The first-order chi connectivity index (χ1) is 10.7. The van der Waals surface area contributed by atoms with Gasteiger partial charge in [0.1, 0.15) is 17.2 Å². The molecule has 0 unspecified atom stereocenters. The van der Waals surface area contributed by atoms with Crippen molar-refractivity contribution in [3.8, 4) is 0 Å². The molecule has 0 rings (SSSR count). The first kappa shape index (κ1) is 22.0. The van der Waals surface area contributed by atoms with E-state index in [-0.39, 0.29) is 6.54 Å². The fraction of sp³-hybridized carbons (Fsp3) is 0.812. The third kappa shape index (κ3) is 8.03. The highest BCUT2D eigenvalue weighted by Gasteiger charge is 2.33. The van der Waals surface area contributed by atoms with E-state index in [1.54, 1.807) is 41.5 Å². The fourth-order valence-electron chi connectivity index (χ4n) is 1.63. The number of esters is 1. The van der Waals surface area contributed by atoms with Crippen molar-refractivity contribution < 1.29 is 28.6 Å². The van der Waals surface area contributed by atoms with Gasteiger partial charge in [-0.05, 0) is 41.5 Å².